The first-order valence-corrected chi connectivity index (χ1v) is 7.44. The molecule has 3 rings (SSSR count). The van der Waals surface area contributed by atoms with E-state index in [1.807, 2.05) is 30.0 Å². The predicted octanol–water partition coefficient (Wildman–Crippen LogP) is 3.34. The van der Waals surface area contributed by atoms with E-state index in [0.717, 1.165) is 35.1 Å². The minimum Gasteiger partial charge on any atom is -0.384 e. The number of rotatable bonds is 1. The van der Waals surface area contributed by atoms with Crippen molar-refractivity contribution in [3.05, 3.63) is 42.1 Å². The van der Waals surface area contributed by atoms with Gasteiger partial charge in [0.2, 0.25) is 0 Å². The Bertz CT molecular complexity index is 571. The molecule has 94 valence electrons. The Kier molecular flexibility index (Phi) is 3.04. The van der Waals surface area contributed by atoms with Gasteiger partial charge in [0.05, 0.1) is 5.52 Å². The number of thioether (sulfide) groups is 1. The van der Waals surface area contributed by atoms with E-state index in [1.165, 1.54) is 0 Å². The van der Waals surface area contributed by atoms with Crippen LogP contribution in [-0.2, 0) is 5.60 Å². The average molecular weight is 259 g/mol. The molecule has 2 nitrogen and oxygen atoms in total. The van der Waals surface area contributed by atoms with Gasteiger partial charge < -0.3 is 5.11 Å². The van der Waals surface area contributed by atoms with E-state index in [-0.39, 0.29) is 5.25 Å². The van der Waals surface area contributed by atoms with Crippen molar-refractivity contribution in [2.24, 2.45) is 0 Å². The fourth-order valence-corrected chi connectivity index (χ4v) is 3.85. The number of nitrogens with zero attached hydrogens (tertiary/aromatic N) is 1. The summed E-state index contributed by atoms with van der Waals surface area (Å²) in [5.41, 5.74) is 1.27. The molecule has 3 heteroatoms. The Hall–Kier alpha value is -1.06. The molecule has 1 fully saturated rings. The van der Waals surface area contributed by atoms with Crippen LogP contribution in [0.4, 0.5) is 0 Å². The summed E-state index contributed by atoms with van der Waals surface area (Å²) in [7, 11) is 0. The maximum Gasteiger partial charge on any atom is 0.101 e. The van der Waals surface area contributed by atoms with Crippen molar-refractivity contribution in [3.8, 4) is 0 Å². The molecule has 1 N–H and O–H groups in total. The van der Waals surface area contributed by atoms with Crippen LogP contribution in [0.15, 0.2) is 36.5 Å². The predicted molar refractivity (Wildman–Crippen MR) is 76.8 cm³/mol. The Morgan fingerprint density at radius 3 is 3.11 bits per heavy atom. The molecule has 0 radical (unpaired) electrons. The summed E-state index contributed by atoms with van der Waals surface area (Å²) in [6, 6.07) is 10.1. The highest BCUT2D eigenvalue weighted by molar-refractivity contribution is 8.00. The zero-order chi connectivity index (χ0) is 12.6. The van der Waals surface area contributed by atoms with Crippen LogP contribution in [0.5, 0.6) is 0 Å². The number of benzene rings is 1. The van der Waals surface area contributed by atoms with Crippen molar-refractivity contribution in [1.82, 2.24) is 4.98 Å². The van der Waals surface area contributed by atoms with Crippen LogP contribution >= 0.6 is 11.8 Å². The average Bonchev–Trinajstić information content (AvgIpc) is 2.42. The van der Waals surface area contributed by atoms with Crippen LogP contribution in [0, 0.1) is 0 Å². The number of aromatic nitrogens is 1. The Morgan fingerprint density at radius 2 is 2.28 bits per heavy atom. The van der Waals surface area contributed by atoms with E-state index in [9.17, 15) is 5.11 Å². The monoisotopic (exact) mass is 259 g/mol. The zero-order valence-electron chi connectivity index (χ0n) is 10.5. The molecule has 0 saturated carbocycles. The highest BCUT2D eigenvalue weighted by atomic mass is 32.2. The normalized spacial score (nSPS) is 28.4. The largest absolute Gasteiger partial charge is 0.384 e. The minimum atomic E-state index is -0.700. The van der Waals surface area contributed by atoms with Crippen LogP contribution in [0.25, 0.3) is 10.9 Å². The molecule has 18 heavy (non-hydrogen) atoms. The number of hydrogen-bond donors (Lipinski definition) is 1. The second-order valence-corrected chi connectivity index (χ2v) is 6.40. The van der Waals surface area contributed by atoms with Crippen LogP contribution in [0.3, 0.4) is 0 Å². The lowest BCUT2D eigenvalue weighted by Crippen LogP contribution is -2.38. The summed E-state index contributed by atoms with van der Waals surface area (Å²) < 4.78 is 0. The molecule has 1 aliphatic rings. The number of hydrogen-bond acceptors (Lipinski definition) is 3. The molecule has 2 aromatic rings. The van der Waals surface area contributed by atoms with E-state index in [4.69, 9.17) is 0 Å². The first kappa shape index (κ1) is 12.0. The van der Waals surface area contributed by atoms with Crippen LogP contribution in [0.2, 0.25) is 0 Å². The third kappa shape index (κ3) is 1.91. The van der Waals surface area contributed by atoms with Crippen molar-refractivity contribution < 1.29 is 5.11 Å². The molecule has 1 aromatic carbocycles. The Balaban J connectivity index is 2.07. The summed E-state index contributed by atoms with van der Waals surface area (Å²) in [6.45, 7) is 2.12. The van der Waals surface area contributed by atoms with E-state index < -0.39 is 5.60 Å². The smallest absolute Gasteiger partial charge is 0.101 e. The zero-order valence-corrected chi connectivity index (χ0v) is 11.3. The topological polar surface area (TPSA) is 33.1 Å². The minimum absolute atomic E-state index is 0.243. The maximum absolute atomic E-state index is 10.9. The molecule has 0 amide bonds. The van der Waals surface area contributed by atoms with Gasteiger partial charge in [0.1, 0.15) is 5.60 Å². The highest BCUT2D eigenvalue weighted by Crippen LogP contribution is 2.41. The number of aliphatic hydroxyl groups is 1. The van der Waals surface area contributed by atoms with Gasteiger partial charge in [-0.3, -0.25) is 4.98 Å². The van der Waals surface area contributed by atoms with Crippen molar-refractivity contribution >= 4 is 22.7 Å². The lowest BCUT2D eigenvalue weighted by Gasteiger charge is -2.38. The SMILES string of the molecule is CC1SCCCC1(O)c1ccc2cccnc2c1. The van der Waals surface area contributed by atoms with Crippen LogP contribution in [-0.4, -0.2) is 21.1 Å². The molecule has 2 atom stereocenters. The van der Waals surface area contributed by atoms with Gasteiger partial charge in [-0.05, 0) is 36.3 Å². The summed E-state index contributed by atoms with van der Waals surface area (Å²) >= 11 is 1.85. The first-order valence-electron chi connectivity index (χ1n) is 6.39. The van der Waals surface area contributed by atoms with Gasteiger partial charge in [-0.15, -0.1) is 0 Å². The Morgan fingerprint density at radius 1 is 1.39 bits per heavy atom. The second-order valence-electron chi connectivity index (χ2n) is 4.95. The van der Waals surface area contributed by atoms with Gasteiger partial charge in [0, 0.05) is 16.8 Å². The molecule has 0 spiro atoms. The standard InChI is InChI=1S/C15H17NOS/c1-11-15(17,7-3-9-18-11)13-6-5-12-4-2-8-16-14(12)10-13/h2,4-6,8,10-11,17H,3,7,9H2,1H3. The molecule has 1 saturated heterocycles. The van der Waals surface area contributed by atoms with Gasteiger partial charge >= 0.3 is 0 Å². The number of fused-ring (bicyclic) bond motifs is 1. The van der Waals surface area contributed by atoms with Gasteiger partial charge in [-0.1, -0.05) is 25.1 Å². The van der Waals surface area contributed by atoms with Crippen molar-refractivity contribution in [2.45, 2.75) is 30.6 Å². The molecular weight excluding hydrogens is 242 g/mol. The van der Waals surface area contributed by atoms with Crippen molar-refractivity contribution in [2.75, 3.05) is 5.75 Å². The summed E-state index contributed by atoms with van der Waals surface area (Å²) in [6.07, 6.45) is 3.72. The molecule has 0 bridgehead atoms. The lowest BCUT2D eigenvalue weighted by molar-refractivity contribution is 0.0255. The van der Waals surface area contributed by atoms with Gasteiger partial charge in [0.25, 0.3) is 0 Å². The van der Waals surface area contributed by atoms with Crippen molar-refractivity contribution in [3.63, 3.8) is 0 Å². The summed E-state index contributed by atoms with van der Waals surface area (Å²) in [5, 5.41) is 12.3. The molecule has 2 heterocycles. The first-order chi connectivity index (χ1) is 8.70. The third-order valence-electron chi connectivity index (χ3n) is 3.85. The van der Waals surface area contributed by atoms with Crippen LogP contribution in [0.1, 0.15) is 25.3 Å². The fourth-order valence-electron chi connectivity index (χ4n) is 2.66. The molecule has 2 unspecified atom stereocenters. The molecule has 1 aromatic heterocycles. The number of pyridine rings is 1. The second kappa shape index (κ2) is 4.56. The maximum atomic E-state index is 10.9. The Labute approximate surface area is 111 Å². The highest BCUT2D eigenvalue weighted by Gasteiger charge is 2.38. The van der Waals surface area contributed by atoms with Crippen molar-refractivity contribution in [1.29, 1.82) is 0 Å². The van der Waals surface area contributed by atoms with Crippen LogP contribution < -0.4 is 0 Å². The van der Waals surface area contributed by atoms with E-state index >= 15 is 0 Å². The van der Waals surface area contributed by atoms with E-state index in [1.54, 1.807) is 6.20 Å². The quantitative estimate of drug-likeness (QED) is 0.852. The molecular formula is C15H17NOS. The van der Waals surface area contributed by atoms with E-state index in [2.05, 4.69) is 24.0 Å². The third-order valence-corrected chi connectivity index (χ3v) is 5.26. The molecule has 0 aliphatic carbocycles. The summed E-state index contributed by atoms with van der Waals surface area (Å²) in [4.78, 5) is 4.37. The van der Waals surface area contributed by atoms with E-state index in [0.29, 0.717) is 0 Å². The fraction of sp³-hybridized carbons (Fsp3) is 0.400. The summed E-state index contributed by atoms with van der Waals surface area (Å²) in [5.74, 6) is 1.15. The molecule has 1 aliphatic heterocycles. The van der Waals surface area contributed by atoms with Gasteiger partial charge in [-0.2, -0.15) is 11.8 Å². The lowest BCUT2D eigenvalue weighted by atomic mass is 9.85. The van der Waals surface area contributed by atoms with Gasteiger partial charge in [0.15, 0.2) is 0 Å². The van der Waals surface area contributed by atoms with Gasteiger partial charge in [-0.25, -0.2) is 0 Å².